The molecule has 41 heavy (non-hydrogen) atoms. The van der Waals surface area contributed by atoms with Gasteiger partial charge >= 0.3 is 11.9 Å². The molecule has 1 heterocycles. The minimum atomic E-state index is -1.44. The van der Waals surface area contributed by atoms with E-state index in [9.17, 15) is 19.8 Å². The van der Waals surface area contributed by atoms with Crippen LogP contribution < -0.4 is 0 Å². The smallest absolute Gasteiger partial charge is 0.336 e. The third-order valence-corrected chi connectivity index (χ3v) is 8.47. The average molecular weight is 575 g/mol. The highest BCUT2D eigenvalue weighted by molar-refractivity contribution is 5.84. The minimum Gasteiger partial charge on any atom is -0.479 e. The van der Waals surface area contributed by atoms with Crippen molar-refractivity contribution in [2.45, 2.75) is 173 Å². The van der Waals surface area contributed by atoms with Gasteiger partial charge in [-0.1, -0.05) is 146 Å². The Kier molecular flexibility index (Phi) is 18.7. The maximum atomic E-state index is 11.7. The molecular formula is C35H58O6. The van der Waals surface area contributed by atoms with Crippen molar-refractivity contribution < 1.29 is 29.3 Å². The van der Waals surface area contributed by atoms with E-state index in [4.69, 9.17) is 9.47 Å². The minimum absolute atomic E-state index is 0.555. The fourth-order valence-corrected chi connectivity index (χ4v) is 6.00. The molecule has 0 bridgehead atoms. The van der Waals surface area contributed by atoms with Gasteiger partial charge in [0.2, 0.25) is 0 Å². The lowest BCUT2D eigenvalue weighted by atomic mass is 9.98. The Morgan fingerprint density at radius 3 is 1.34 bits per heavy atom. The fourth-order valence-electron chi connectivity index (χ4n) is 6.00. The van der Waals surface area contributed by atoms with E-state index in [1.165, 1.54) is 102 Å². The largest absolute Gasteiger partial charge is 0.479 e. The van der Waals surface area contributed by atoms with Gasteiger partial charge in [0.15, 0.2) is 18.0 Å². The zero-order valence-electron chi connectivity index (χ0n) is 25.8. The molecule has 234 valence electrons. The quantitative estimate of drug-likeness (QED) is 0.107. The Balaban J connectivity index is 1.60. The van der Waals surface area contributed by atoms with Crippen molar-refractivity contribution in [1.82, 2.24) is 0 Å². The van der Waals surface area contributed by atoms with Crippen LogP contribution in [0.4, 0.5) is 0 Å². The molecule has 0 spiro atoms. The molecule has 0 radical (unpaired) electrons. The molecule has 1 aromatic carbocycles. The zero-order valence-corrected chi connectivity index (χ0v) is 25.8. The summed E-state index contributed by atoms with van der Waals surface area (Å²) >= 11 is 0. The third kappa shape index (κ3) is 15.2. The zero-order chi connectivity index (χ0) is 29.6. The Hall–Kier alpha value is -1.92. The topological polar surface area (TPSA) is 93.1 Å². The van der Waals surface area contributed by atoms with Gasteiger partial charge in [0.05, 0.1) is 0 Å². The number of ether oxygens (including phenoxy) is 2. The van der Waals surface area contributed by atoms with Crippen LogP contribution in [0.2, 0.25) is 0 Å². The highest BCUT2D eigenvalue weighted by Gasteiger charge is 2.53. The number of benzene rings is 1. The molecule has 2 atom stereocenters. The third-order valence-electron chi connectivity index (χ3n) is 8.47. The van der Waals surface area contributed by atoms with E-state index in [0.717, 1.165) is 38.5 Å². The molecule has 0 amide bonds. The highest BCUT2D eigenvalue weighted by atomic mass is 16.8. The van der Waals surface area contributed by atoms with Crippen LogP contribution >= 0.6 is 0 Å². The first-order valence-electron chi connectivity index (χ1n) is 16.8. The molecule has 1 saturated heterocycles. The molecule has 0 aliphatic carbocycles. The molecule has 6 nitrogen and oxygen atoms in total. The standard InChI is InChI=1S/C35H58O6/c1-2-3-4-5-6-7-11-14-17-23-28-35(40-31(33(36)37)32(41-35)34(38)39)29-24-18-15-12-9-8-10-13-16-20-25-30-26-21-19-22-27-30/h19,21-22,26-27,31-32H,2-18,20,23-25,28-29H2,1H3,(H,36,37)(H,38,39)/t31-,32-/m1/s1. The van der Waals surface area contributed by atoms with E-state index in [2.05, 4.69) is 37.3 Å². The summed E-state index contributed by atoms with van der Waals surface area (Å²) in [5, 5.41) is 19.1. The van der Waals surface area contributed by atoms with E-state index < -0.39 is 29.9 Å². The normalized spacial score (nSPS) is 18.1. The molecule has 0 saturated carbocycles. The number of carboxylic acids is 2. The van der Waals surface area contributed by atoms with Crippen molar-refractivity contribution >= 4 is 11.9 Å². The molecule has 0 aromatic heterocycles. The second-order valence-electron chi connectivity index (χ2n) is 12.1. The van der Waals surface area contributed by atoms with Crippen molar-refractivity contribution in [1.29, 1.82) is 0 Å². The highest BCUT2D eigenvalue weighted by Crippen LogP contribution is 2.38. The van der Waals surface area contributed by atoms with Crippen LogP contribution in [-0.2, 0) is 25.5 Å². The van der Waals surface area contributed by atoms with Gasteiger partial charge in [-0.05, 0) is 31.2 Å². The van der Waals surface area contributed by atoms with Crippen molar-refractivity contribution in [3.05, 3.63) is 35.9 Å². The van der Waals surface area contributed by atoms with Crippen LogP contribution in [0.1, 0.15) is 154 Å². The van der Waals surface area contributed by atoms with E-state index in [1.54, 1.807) is 0 Å². The van der Waals surface area contributed by atoms with Crippen molar-refractivity contribution in [2.24, 2.45) is 0 Å². The van der Waals surface area contributed by atoms with Crippen LogP contribution in [0, 0.1) is 0 Å². The van der Waals surface area contributed by atoms with Crippen LogP contribution in [0.5, 0.6) is 0 Å². The van der Waals surface area contributed by atoms with Crippen LogP contribution in [0.25, 0.3) is 0 Å². The number of carbonyl (C=O) groups is 2. The van der Waals surface area contributed by atoms with Gasteiger partial charge in [0.25, 0.3) is 0 Å². The lowest BCUT2D eigenvalue weighted by Crippen LogP contribution is -2.36. The second-order valence-corrected chi connectivity index (χ2v) is 12.1. The maximum absolute atomic E-state index is 11.7. The predicted molar refractivity (Wildman–Crippen MR) is 165 cm³/mol. The molecule has 6 heteroatoms. The Bertz CT molecular complexity index is 788. The first kappa shape index (κ1) is 35.3. The summed E-state index contributed by atoms with van der Waals surface area (Å²) in [6.07, 6.45) is 23.4. The summed E-state index contributed by atoms with van der Waals surface area (Å²) in [4.78, 5) is 23.4. The van der Waals surface area contributed by atoms with Gasteiger partial charge in [-0.3, -0.25) is 0 Å². The first-order chi connectivity index (χ1) is 20.0. The SMILES string of the molecule is CCCCCCCCCCCCC1(CCCCCCCCCCCCc2ccccc2)O[C@@H](C(=O)O)[C@H](C(=O)O)O1. The lowest BCUT2D eigenvalue weighted by Gasteiger charge is -2.28. The van der Waals surface area contributed by atoms with E-state index in [-0.39, 0.29) is 0 Å². The molecule has 2 rings (SSSR count). The molecule has 1 aliphatic heterocycles. The lowest BCUT2D eigenvalue weighted by molar-refractivity contribution is -0.195. The van der Waals surface area contributed by atoms with Gasteiger partial charge in [-0.25, -0.2) is 9.59 Å². The van der Waals surface area contributed by atoms with Gasteiger partial charge in [0, 0.05) is 12.8 Å². The first-order valence-corrected chi connectivity index (χ1v) is 16.8. The molecule has 1 aromatic rings. The van der Waals surface area contributed by atoms with E-state index >= 15 is 0 Å². The average Bonchev–Trinajstić information content (AvgIpc) is 3.36. The summed E-state index contributed by atoms with van der Waals surface area (Å²) in [5.74, 6) is -3.61. The Morgan fingerprint density at radius 1 is 0.585 bits per heavy atom. The number of hydrogen-bond acceptors (Lipinski definition) is 4. The summed E-state index contributed by atoms with van der Waals surface area (Å²) < 4.78 is 11.8. The second kappa shape index (κ2) is 21.7. The molecule has 1 aliphatic rings. The summed E-state index contributed by atoms with van der Waals surface area (Å²) in [6.45, 7) is 2.24. The number of hydrogen-bond donors (Lipinski definition) is 2. The van der Waals surface area contributed by atoms with Crippen LogP contribution in [0.15, 0.2) is 30.3 Å². The molecular weight excluding hydrogens is 516 g/mol. The molecule has 1 fully saturated rings. The van der Waals surface area contributed by atoms with Crippen LogP contribution in [-0.4, -0.2) is 40.1 Å². The predicted octanol–water partition coefficient (Wildman–Crippen LogP) is 9.48. The monoisotopic (exact) mass is 574 g/mol. The van der Waals surface area contributed by atoms with Crippen molar-refractivity contribution in [3.8, 4) is 0 Å². The number of aryl methyl sites for hydroxylation is 1. The van der Waals surface area contributed by atoms with Gasteiger partial charge in [-0.15, -0.1) is 0 Å². The Morgan fingerprint density at radius 2 is 0.951 bits per heavy atom. The van der Waals surface area contributed by atoms with Gasteiger partial charge in [0.1, 0.15) is 0 Å². The number of unbranched alkanes of at least 4 members (excludes halogenated alkanes) is 18. The maximum Gasteiger partial charge on any atom is 0.336 e. The molecule has 0 unspecified atom stereocenters. The Labute approximate surface area is 249 Å². The number of carboxylic acid groups (broad SMARTS) is 2. The number of rotatable bonds is 26. The summed E-state index contributed by atoms with van der Waals surface area (Å²) in [7, 11) is 0. The van der Waals surface area contributed by atoms with Crippen LogP contribution in [0.3, 0.4) is 0 Å². The van der Waals surface area contributed by atoms with E-state index in [0.29, 0.717) is 12.8 Å². The van der Waals surface area contributed by atoms with Gasteiger partial charge < -0.3 is 19.7 Å². The summed E-state index contributed by atoms with van der Waals surface area (Å²) in [6, 6.07) is 10.7. The van der Waals surface area contributed by atoms with Crippen molar-refractivity contribution in [3.63, 3.8) is 0 Å². The molecule has 2 N–H and O–H groups in total. The summed E-state index contributed by atoms with van der Waals surface area (Å²) in [5.41, 5.74) is 1.43. The van der Waals surface area contributed by atoms with E-state index in [1.807, 2.05) is 0 Å². The van der Waals surface area contributed by atoms with Gasteiger partial charge in [-0.2, -0.15) is 0 Å². The number of aliphatic carboxylic acids is 2. The fraction of sp³-hybridized carbons (Fsp3) is 0.771. The van der Waals surface area contributed by atoms with Crippen molar-refractivity contribution in [2.75, 3.05) is 0 Å².